The first kappa shape index (κ1) is 28.1. The van der Waals surface area contributed by atoms with Gasteiger partial charge in [-0.2, -0.15) is 0 Å². The van der Waals surface area contributed by atoms with Crippen molar-refractivity contribution < 1.29 is 0 Å². The molecule has 226 valence electrons. The van der Waals surface area contributed by atoms with E-state index in [4.69, 9.17) is 9.97 Å². The van der Waals surface area contributed by atoms with E-state index < -0.39 is 0 Å². The van der Waals surface area contributed by atoms with Crippen molar-refractivity contribution in [3.8, 4) is 44.8 Å². The van der Waals surface area contributed by atoms with Crippen LogP contribution in [0.2, 0.25) is 0 Å². The molecule has 0 unspecified atom stereocenters. The Bertz CT molecular complexity index is 2520. The van der Waals surface area contributed by atoms with E-state index in [9.17, 15) is 0 Å². The second-order valence-corrected chi connectivity index (χ2v) is 14.9. The number of fused-ring (bicyclic) bond motifs is 7. The normalized spacial score (nSPS) is 14.7. The van der Waals surface area contributed by atoms with Crippen molar-refractivity contribution in [3.63, 3.8) is 0 Å². The van der Waals surface area contributed by atoms with Crippen molar-refractivity contribution >= 4 is 42.5 Å². The third-order valence-corrected chi connectivity index (χ3v) is 11.9. The third kappa shape index (κ3) is 4.16. The molecule has 0 spiro atoms. The zero-order valence-electron chi connectivity index (χ0n) is 27.0. The van der Waals surface area contributed by atoms with Crippen LogP contribution in [0.5, 0.6) is 0 Å². The predicted octanol–water partition coefficient (Wildman–Crippen LogP) is 12.2. The van der Waals surface area contributed by atoms with Crippen LogP contribution in [0.3, 0.4) is 0 Å². The van der Waals surface area contributed by atoms with Crippen LogP contribution in [0.15, 0.2) is 133 Å². The molecule has 47 heavy (non-hydrogen) atoms. The minimum absolute atomic E-state index is 0.100. The van der Waals surface area contributed by atoms with Gasteiger partial charge in [0.05, 0.1) is 22.4 Å². The zero-order chi connectivity index (χ0) is 31.9. The Labute approximate surface area is 279 Å². The van der Waals surface area contributed by atoms with Gasteiger partial charge in [-0.3, -0.25) is 0 Å². The summed E-state index contributed by atoms with van der Waals surface area (Å²) < 4.78 is 2.57. The smallest absolute Gasteiger partial charge is 0.0973 e. The number of aromatic nitrogens is 2. The molecule has 0 radical (unpaired) electrons. The molecule has 2 nitrogen and oxygen atoms in total. The van der Waals surface area contributed by atoms with E-state index in [0.717, 1.165) is 33.5 Å². The molecule has 2 aromatic heterocycles. The van der Waals surface area contributed by atoms with E-state index in [2.05, 4.69) is 149 Å². The molecule has 9 rings (SSSR count). The predicted molar refractivity (Wildman–Crippen MR) is 200 cm³/mol. The van der Waals surface area contributed by atoms with Crippen molar-refractivity contribution in [3.05, 3.63) is 145 Å². The van der Waals surface area contributed by atoms with Crippen LogP contribution in [-0.2, 0) is 10.8 Å². The molecule has 0 amide bonds. The standard InChI is InChI=1S/C44H34N2S/c1-43(2)35-24-22-28(25-34(35)33-17-12-16-30(40(33)44(43,3)4)27-13-6-5-7-14-27)41-42(46-37-19-10-9-18-36(37)45-41)29-21-23-32-31-15-8-11-20-38(31)47-39(32)26-29/h5-26H,1-4H3. The van der Waals surface area contributed by atoms with Gasteiger partial charge in [-0.1, -0.05) is 131 Å². The van der Waals surface area contributed by atoms with Crippen LogP contribution < -0.4 is 0 Å². The summed E-state index contributed by atoms with van der Waals surface area (Å²) in [6.07, 6.45) is 0. The SMILES string of the molecule is CC1(C)c2ccc(-c3nc4ccccc4nc3-c3ccc4c(c3)sc3ccccc34)cc2-c2cccc(-c3ccccc3)c2C1(C)C. The molecule has 0 atom stereocenters. The summed E-state index contributed by atoms with van der Waals surface area (Å²) in [5, 5.41) is 2.59. The molecule has 6 aromatic carbocycles. The van der Waals surface area contributed by atoms with Crippen LogP contribution in [0.4, 0.5) is 0 Å². The minimum atomic E-state index is -0.108. The first-order chi connectivity index (χ1) is 22.8. The average molecular weight is 623 g/mol. The summed E-state index contributed by atoms with van der Waals surface area (Å²) in [7, 11) is 0. The lowest BCUT2D eigenvalue weighted by atomic mass is 9.54. The van der Waals surface area contributed by atoms with Crippen LogP contribution >= 0.6 is 11.3 Å². The number of hydrogen-bond donors (Lipinski definition) is 0. The lowest BCUT2D eigenvalue weighted by Crippen LogP contribution is -2.44. The van der Waals surface area contributed by atoms with Gasteiger partial charge in [0, 0.05) is 36.7 Å². The summed E-state index contributed by atoms with van der Waals surface area (Å²) >= 11 is 1.84. The molecule has 0 aliphatic heterocycles. The van der Waals surface area contributed by atoms with Gasteiger partial charge in [0.15, 0.2) is 0 Å². The fourth-order valence-electron chi connectivity index (χ4n) is 7.69. The Morgan fingerprint density at radius 2 is 1.06 bits per heavy atom. The summed E-state index contributed by atoms with van der Waals surface area (Å²) in [5.74, 6) is 0. The maximum absolute atomic E-state index is 5.32. The van der Waals surface area contributed by atoms with Crippen LogP contribution in [0.1, 0.15) is 38.8 Å². The topological polar surface area (TPSA) is 25.8 Å². The Kier molecular flexibility index (Phi) is 6.10. The Morgan fingerprint density at radius 1 is 0.447 bits per heavy atom. The molecular weight excluding hydrogens is 589 g/mol. The molecule has 0 N–H and O–H groups in total. The number of benzene rings is 6. The lowest BCUT2D eigenvalue weighted by Gasteiger charge is -2.49. The van der Waals surface area contributed by atoms with Crippen LogP contribution in [0, 0.1) is 0 Å². The van der Waals surface area contributed by atoms with Crippen LogP contribution in [0.25, 0.3) is 76.0 Å². The van der Waals surface area contributed by atoms with Crippen molar-refractivity contribution in [2.24, 2.45) is 0 Å². The van der Waals surface area contributed by atoms with E-state index in [1.165, 1.54) is 53.6 Å². The third-order valence-electron chi connectivity index (χ3n) is 10.8. The molecule has 0 saturated carbocycles. The van der Waals surface area contributed by atoms with Gasteiger partial charge in [-0.05, 0) is 69.1 Å². The van der Waals surface area contributed by atoms with Gasteiger partial charge in [-0.25, -0.2) is 9.97 Å². The molecule has 2 heterocycles. The van der Waals surface area contributed by atoms with Gasteiger partial charge in [0.1, 0.15) is 0 Å². The van der Waals surface area contributed by atoms with E-state index in [1.807, 2.05) is 23.5 Å². The molecule has 0 bridgehead atoms. The van der Waals surface area contributed by atoms with E-state index in [1.54, 1.807) is 0 Å². The number of thiophene rings is 1. The number of rotatable bonds is 3. The van der Waals surface area contributed by atoms with Gasteiger partial charge in [0.2, 0.25) is 0 Å². The lowest BCUT2D eigenvalue weighted by molar-refractivity contribution is 0.300. The first-order valence-electron chi connectivity index (χ1n) is 16.3. The fraction of sp³-hybridized carbons (Fsp3) is 0.136. The van der Waals surface area contributed by atoms with Crippen molar-refractivity contribution in [2.75, 3.05) is 0 Å². The number of hydrogen-bond acceptors (Lipinski definition) is 3. The van der Waals surface area contributed by atoms with Crippen molar-refractivity contribution in [2.45, 2.75) is 38.5 Å². The van der Waals surface area contributed by atoms with E-state index >= 15 is 0 Å². The molecule has 0 fully saturated rings. The fourth-order valence-corrected chi connectivity index (χ4v) is 8.84. The molecular formula is C44H34N2S. The van der Waals surface area contributed by atoms with Gasteiger partial charge >= 0.3 is 0 Å². The molecule has 1 aliphatic rings. The molecule has 3 heteroatoms. The van der Waals surface area contributed by atoms with Gasteiger partial charge < -0.3 is 0 Å². The maximum atomic E-state index is 5.32. The largest absolute Gasteiger partial charge is 0.244 e. The summed E-state index contributed by atoms with van der Waals surface area (Å²) in [6.45, 7) is 9.62. The minimum Gasteiger partial charge on any atom is -0.244 e. The summed E-state index contributed by atoms with van der Waals surface area (Å²) in [5.41, 5.74) is 13.5. The molecule has 1 aliphatic carbocycles. The van der Waals surface area contributed by atoms with Gasteiger partial charge in [0.25, 0.3) is 0 Å². The Balaban J connectivity index is 1.29. The number of nitrogens with zero attached hydrogens (tertiary/aromatic N) is 2. The highest BCUT2D eigenvalue weighted by molar-refractivity contribution is 7.25. The van der Waals surface area contributed by atoms with Crippen molar-refractivity contribution in [1.82, 2.24) is 9.97 Å². The first-order valence-corrected chi connectivity index (χ1v) is 17.2. The molecule has 8 aromatic rings. The zero-order valence-corrected chi connectivity index (χ0v) is 27.8. The quantitative estimate of drug-likeness (QED) is 0.196. The highest BCUT2D eigenvalue weighted by Gasteiger charge is 2.47. The summed E-state index contributed by atoms with van der Waals surface area (Å²) in [4.78, 5) is 10.6. The van der Waals surface area contributed by atoms with Crippen LogP contribution in [-0.4, -0.2) is 9.97 Å². The highest BCUT2D eigenvalue weighted by Crippen LogP contribution is 2.56. The highest BCUT2D eigenvalue weighted by atomic mass is 32.1. The van der Waals surface area contributed by atoms with Crippen molar-refractivity contribution in [1.29, 1.82) is 0 Å². The summed E-state index contributed by atoms with van der Waals surface area (Å²) in [6, 6.07) is 48.3. The Morgan fingerprint density at radius 3 is 1.83 bits per heavy atom. The van der Waals surface area contributed by atoms with E-state index in [-0.39, 0.29) is 10.8 Å². The van der Waals surface area contributed by atoms with Gasteiger partial charge in [-0.15, -0.1) is 11.3 Å². The second kappa shape index (κ2) is 10.2. The second-order valence-electron chi connectivity index (χ2n) is 13.8. The maximum Gasteiger partial charge on any atom is 0.0973 e. The molecule has 0 saturated heterocycles. The van der Waals surface area contributed by atoms with E-state index in [0.29, 0.717) is 0 Å². The monoisotopic (exact) mass is 622 g/mol. The number of para-hydroxylation sites is 2. The Hall–Kier alpha value is -5.12. The average Bonchev–Trinajstić information content (AvgIpc) is 3.48.